The topological polar surface area (TPSA) is 9.23 Å². The lowest BCUT2D eigenvalue weighted by Gasteiger charge is -2.30. The standard InChI is InChI=1S/C11H18O/c1-2-5-10(6-3-1)11-7-4-8-12-9-11/h4,8,10-11H,1-3,5-7,9H2. The minimum absolute atomic E-state index is 0.829. The molecule has 1 heteroatoms. The Morgan fingerprint density at radius 2 is 1.83 bits per heavy atom. The van der Waals surface area contributed by atoms with Gasteiger partial charge in [0.1, 0.15) is 0 Å². The van der Waals surface area contributed by atoms with E-state index in [4.69, 9.17) is 4.74 Å². The van der Waals surface area contributed by atoms with Crippen LogP contribution >= 0.6 is 0 Å². The molecule has 2 rings (SSSR count). The van der Waals surface area contributed by atoms with Crippen molar-refractivity contribution in [3.05, 3.63) is 12.3 Å². The van der Waals surface area contributed by atoms with Gasteiger partial charge in [-0.15, -0.1) is 0 Å². The molecule has 12 heavy (non-hydrogen) atoms. The average molecular weight is 166 g/mol. The van der Waals surface area contributed by atoms with Crippen molar-refractivity contribution in [3.63, 3.8) is 0 Å². The molecule has 1 heterocycles. The molecule has 1 unspecified atom stereocenters. The smallest absolute Gasteiger partial charge is 0.0906 e. The van der Waals surface area contributed by atoms with Gasteiger partial charge in [-0.2, -0.15) is 0 Å². The summed E-state index contributed by atoms with van der Waals surface area (Å²) < 4.78 is 5.35. The minimum Gasteiger partial charge on any atom is -0.501 e. The lowest BCUT2D eigenvalue weighted by molar-refractivity contribution is 0.117. The van der Waals surface area contributed by atoms with Crippen molar-refractivity contribution in [2.24, 2.45) is 11.8 Å². The Kier molecular flexibility index (Phi) is 2.70. The monoisotopic (exact) mass is 166 g/mol. The summed E-state index contributed by atoms with van der Waals surface area (Å²) in [6.45, 7) is 0.973. The molecule has 1 nitrogen and oxygen atoms in total. The summed E-state index contributed by atoms with van der Waals surface area (Å²) in [5.41, 5.74) is 0. The van der Waals surface area contributed by atoms with Gasteiger partial charge in [-0.3, -0.25) is 0 Å². The molecule has 1 aliphatic carbocycles. The van der Waals surface area contributed by atoms with Gasteiger partial charge in [-0.05, 0) is 24.3 Å². The highest BCUT2D eigenvalue weighted by Crippen LogP contribution is 2.33. The van der Waals surface area contributed by atoms with Crippen LogP contribution in [0.15, 0.2) is 12.3 Å². The molecule has 0 spiro atoms. The van der Waals surface area contributed by atoms with Gasteiger partial charge in [0.15, 0.2) is 0 Å². The summed E-state index contributed by atoms with van der Waals surface area (Å²) >= 11 is 0. The molecule has 0 aromatic heterocycles. The molecule has 0 aromatic carbocycles. The van der Waals surface area contributed by atoms with E-state index in [0.717, 1.165) is 18.4 Å². The molecule has 0 saturated heterocycles. The summed E-state index contributed by atoms with van der Waals surface area (Å²) in [5, 5.41) is 0. The Hall–Kier alpha value is -0.460. The predicted octanol–water partition coefficient (Wildman–Crippen LogP) is 3.12. The van der Waals surface area contributed by atoms with Crippen molar-refractivity contribution in [3.8, 4) is 0 Å². The van der Waals surface area contributed by atoms with Gasteiger partial charge in [0.25, 0.3) is 0 Å². The van der Waals surface area contributed by atoms with Crippen molar-refractivity contribution >= 4 is 0 Å². The third-order valence-corrected chi connectivity index (χ3v) is 3.26. The molecule has 1 aliphatic heterocycles. The maximum Gasteiger partial charge on any atom is 0.0906 e. The average Bonchev–Trinajstić information content (AvgIpc) is 2.21. The number of hydrogen-bond donors (Lipinski definition) is 0. The fourth-order valence-electron chi connectivity index (χ4n) is 2.48. The second-order valence-electron chi connectivity index (χ2n) is 4.10. The zero-order valence-electron chi connectivity index (χ0n) is 7.67. The molecule has 0 aromatic rings. The third-order valence-electron chi connectivity index (χ3n) is 3.26. The second kappa shape index (κ2) is 3.97. The van der Waals surface area contributed by atoms with Gasteiger partial charge in [0.2, 0.25) is 0 Å². The molecule has 0 bridgehead atoms. The Morgan fingerprint density at radius 1 is 1.00 bits per heavy atom. The normalized spacial score (nSPS) is 31.5. The first-order valence-electron chi connectivity index (χ1n) is 5.23. The molecule has 0 N–H and O–H groups in total. The van der Waals surface area contributed by atoms with Gasteiger partial charge in [-0.1, -0.05) is 32.1 Å². The van der Waals surface area contributed by atoms with Crippen LogP contribution in [0.4, 0.5) is 0 Å². The van der Waals surface area contributed by atoms with E-state index in [-0.39, 0.29) is 0 Å². The van der Waals surface area contributed by atoms with Gasteiger partial charge in [0, 0.05) is 0 Å². The first-order chi connectivity index (χ1) is 5.97. The number of allylic oxidation sites excluding steroid dienone is 1. The van der Waals surface area contributed by atoms with Crippen LogP contribution in [0.5, 0.6) is 0 Å². The number of hydrogen-bond acceptors (Lipinski definition) is 1. The first kappa shape index (κ1) is 8.15. The second-order valence-corrected chi connectivity index (χ2v) is 4.10. The van der Waals surface area contributed by atoms with Gasteiger partial charge in [-0.25, -0.2) is 0 Å². The Labute approximate surface area is 74.8 Å². The van der Waals surface area contributed by atoms with Gasteiger partial charge >= 0.3 is 0 Å². The molecular weight excluding hydrogens is 148 g/mol. The predicted molar refractivity (Wildman–Crippen MR) is 49.8 cm³/mol. The largest absolute Gasteiger partial charge is 0.501 e. The SMILES string of the molecule is C1=COCC(C2CCCCC2)C1. The van der Waals surface area contributed by atoms with E-state index in [1.807, 2.05) is 6.26 Å². The summed E-state index contributed by atoms with van der Waals surface area (Å²) in [7, 11) is 0. The maximum absolute atomic E-state index is 5.35. The maximum atomic E-state index is 5.35. The highest BCUT2D eigenvalue weighted by atomic mass is 16.5. The summed E-state index contributed by atoms with van der Waals surface area (Å²) in [6.07, 6.45) is 12.5. The molecule has 2 aliphatic rings. The summed E-state index contributed by atoms with van der Waals surface area (Å²) in [5.74, 6) is 1.79. The van der Waals surface area contributed by atoms with E-state index in [2.05, 4.69) is 6.08 Å². The fraction of sp³-hybridized carbons (Fsp3) is 0.818. The zero-order chi connectivity index (χ0) is 8.23. The molecular formula is C11H18O. The van der Waals surface area contributed by atoms with Crippen LogP contribution in [0.2, 0.25) is 0 Å². The van der Waals surface area contributed by atoms with Crippen molar-refractivity contribution in [2.75, 3.05) is 6.61 Å². The van der Waals surface area contributed by atoms with Crippen molar-refractivity contribution in [1.82, 2.24) is 0 Å². The Bertz CT molecular complexity index is 156. The summed E-state index contributed by atoms with van der Waals surface area (Å²) in [6, 6.07) is 0. The number of ether oxygens (including phenoxy) is 1. The summed E-state index contributed by atoms with van der Waals surface area (Å²) in [4.78, 5) is 0. The van der Waals surface area contributed by atoms with E-state index in [1.165, 1.54) is 38.5 Å². The van der Waals surface area contributed by atoms with Crippen molar-refractivity contribution in [2.45, 2.75) is 38.5 Å². The van der Waals surface area contributed by atoms with Crippen LogP contribution in [-0.2, 0) is 4.74 Å². The third kappa shape index (κ3) is 1.82. The highest BCUT2D eigenvalue weighted by molar-refractivity contribution is 4.86. The van der Waals surface area contributed by atoms with Gasteiger partial charge in [0.05, 0.1) is 12.9 Å². The highest BCUT2D eigenvalue weighted by Gasteiger charge is 2.24. The van der Waals surface area contributed by atoms with Crippen molar-refractivity contribution < 1.29 is 4.74 Å². The van der Waals surface area contributed by atoms with Crippen LogP contribution in [0.25, 0.3) is 0 Å². The minimum atomic E-state index is 0.829. The molecule has 1 saturated carbocycles. The molecule has 68 valence electrons. The van der Waals surface area contributed by atoms with Crippen LogP contribution < -0.4 is 0 Å². The van der Waals surface area contributed by atoms with E-state index in [0.29, 0.717) is 0 Å². The first-order valence-corrected chi connectivity index (χ1v) is 5.23. The molecule has 1 atom stereocenters. The lowest BCUT2D eigenvalue weighted by atomic mass is 9.78. The molecule has 0 radical (unpaired) electrons. The Balaban J connectivity index is 1.85. The van der Waals surface area contributed by atoms with Crippen LogP contribution in [0.1, 0.15) is 38.5 Å². The van der Waals surface area contributed by atoms with Gasteiger partial charge < -0.3 is 4.74 Å². The van der Waals surface area contributed by atoms with Crippen molar-refractivity contribution in [1.29, 1.82) is 0 Å². The number of rotatable bonds is 1. The molecule has 1 fully saturated rings. The lowest BCUT2D eigenvalue weighted by Crippen LogP contribution is -2.23. The quantitative estimate of drug-likeness (QED) is 0.581. The molecule has 0 amide bonds. The Morgan fingerprint density at radius 3 is 2.50 bits per heavy atom. The van der Waals surface area contributed by atoms with E-state index < -0.39 is 0 Å². The van der Waals surface area contributed by atoms with Crippen LogP contribution in [0.3, 0.4) is 0 Å². The van der Waals surface area contributed by atoms with Crippen LogP contribution in [0, 0.1) is 11.8 Å². The van der Waals surface area contributed by atoms with E-state index in [9.17, 15) is 0 Å². The van der Waals surface area contributed by atoms with E-state index in [1.54, 1.807) is 0 Å². The van der Waals surface area contributed by atoms with E-state index >= 15 is 0 Å². The fourth-order valence-corrected chi connectivity index (χ4v) is 2.48. The van der Waals surface area contributed by atoms with Crippen LogP contribution in [-0.4, -0.2) is 6.61 Å². The zero-order valence-corrected chi connectivity index (χ0v) is 7.67.